The molecule has 0 spiro atoms. The summed E-state index contributed by atoms with van der Waals surface area (Å²) in [7, 11) is 0. The number of pyridine rings is 2. The fourth-order valence-electron chi connectivity index (χ4n) is 3.96. The number of aliphatic hydroxyl groups excluding tert-OH is 1. The van der Waals surface area contributed by atoms with Gasteiger partial charge in [0.25, 0.3) is 5.56 Å². The summed E-state index contributed by atoms with van der Waals surface area (Å²) in [4.78, 5) is 27.6. The van der Waals surface area contributed by atoms with Crippen molar-refractivity contribution in [2.75, 3.05) is 19.6 Å². The van der Waals surface area contributed by atoms with Crippen LogP contribution >= 0.6 is 0 Å². The minimum atomic E-state index is -5.08. The maximum Gasteiger partial charge on any atom is 0.490 e. The number of nitrogens with two attached hydrogens (primary N) is 1. The van der Waals surface area contributed by atoms with E-state index in [1.54, 1.807) is 10.6 Å². The molecular weight excluding hydrogens is 424 g/mol. The van der Waals surface area contributed by atoms with Crippen LogP contribution in [-0.2, 0) is 11.2 Å². The fraction of sp³-hybridized carbons (Fsp3) is 0.526. The molecule has 1 fully saturated rings. The Morgan fingerprint density at radius 2 is 1.97 bits per heavy atom. The van der Waals surface area contributed by atoms with Crippen LogP contribution in [0.2, 0.25) is 0 Å². The summed E-state index contributed by atoms with van der Waals surface area (Å²) in [5.74, 6) is -3.10. The normalized spacial score (nSPS) is 23.9. The Balaban J connectivity index is 0.000000339. The van der Waals surface area contributed by atoms with Crippen LogP contribution in [0.3, 0.4) is 0 Å². The first kappa shape index (κ1) is 23.1. The van der Waals surface area contributed by atoms with Gasteiger partial charge in [-0.2, -0.15) is 13.2 Å². The molecule has 1 unspecified atom stereocenters. The number of likely N-dealkylation sites (tertiary alicyclic amines) is 1. The molecule has 0 amide bonds. The minimum Gasteiger partial charge on any atom is -0.475 e. The van der Waals surface area contributed by atoms with Crippen LogP contribution < -0.4 is 11.3 Å². The second-order valence-electron chi connectivity index (χ2n) is 7.63. The van der Waals surface area contributed by atoms with Gasteiger partial charge in [-0.25, -0.2) is 9.18 Å². The van der Waals surface area contributed by atoms with Gasteiger partial charge in [-0.05, 0) is 31.9 Å². The standard InChI is InChI=1S/C17H21FN4O2.C2HF3O2/c18-12-7-20-14-3-4-16(24)22-10(1-2-11(12)17(14)22)8-21-6-5-13(19)15(23)9-21;3-2(4,5)1(6)7/h3-4,7,10,13,15,23H,1-2,5-6,8-9,19H2;(H,6,7)/t10?,13-,15+;/m0./s1. The molecule has 0 saturated carbocycles. The summed E-state index contributed by atoms with van der Waals surface area (Å²) in [6.45, 7) is 1.96. The lowest BCUT2D eigenvalue weighted by Gasteiger charge is -2.37. The first-order valence-corrected chi connectivity index (χ1v) is 9.63. The van der Waals surface area contributed by atoms with Crippen molar-refractivity contribution in [3.63, 3.8) is 0 Å². The Bertz CT molecular complexity index is 1030. The summed E-state index contributed by atoms with van der Waals surface area (Å²) in [6, 6.07) is 2.93. The van der Waals surface area contributed by atoms with Gasteiger partial charge in [0.15, 0.2) is 0 Å². The van der Waals surface area contributed by atoms with Gasteiger partial charge in [0, 0.05) is 30.8 Å². The summed E-state index contributed by atoms with van der Waals surface area (Å²) < 4.78 is 47.5. The summed E-state index contributed by atoms with van der Waals surface area (Å²) in [6.07, 6.45) is -2.36. The molecule has 3 atom stereocenters. The van der Waals surface area contributed by atoms with Crippen LogP contribution in [0.4, 0.5) is 17.6 Å². The van der Waals surface area contributed by atoms with E-state index >= 15 is 0 Å². The number of hydrogen-bond donors (Lipinski definition) is 3. The smallest absolute Gasteiger partial charge is 0.475 e. The monoisotopic (exact) mass is 446 g/mol. The van der Waals surface area contributed by atoms with Crippen molar-refractivity contribution < 1.29 is 32.6 Å². The van der Waals surface area contributed by atoms with Crippen LogP contribution in [0.5, 0.6) is 0 Å². The minimum absolute atomic E-state index is 0.0428. The topological polar surface area (TPSA) is 122 Å². The van der Waals surface area contributed by atoms with Gasteiger partial charge in [-0.1, -0.05) is 0 Å². The Kier molecular flexibility index (Phi) is 6.62. The lowest BCUT2D eigenvalue weighted by Crippen LogP contribution is -2.52. The Hall–Kier alpha value is -2.57. The van der Waals surface area contributed by atoms with Crippen LogP contribution in [0.25, 0.3) is 11.0 Å². The van der Waals surface area contributed by atoms with Crippen molar-refractivity contribution in [2.45, 2.75) is 43.6 Å². The van der Waals surface area contributed by atoms with E-state index in [1.165, 1.54) is 12.3 Å². The average Bonchev–Trinajstić information content (AvgIpc) is 2.69. The van der Waals surface area contributed by atoms with E-state index in [4.69, 9.17) is 15.6 Å². The number of aryl methyl sites for hydroxylation is 1. The number of aromatic nitrogens is 2. The molecule has 1 saturated heterocycles. The molecule has 0 aromatic carbocycles. The lowest BCUT2D eigenvalue weighted by atomic mass is 9.96. The number of carboxylic acids is 1. The van der Waals surface area contributed by atoms with Crippen molar-refractivity contribution in [3.05, 3.63) is 40.1 Å². The lowest BCUT2D eigenvalue weighted by molar-refractivity contribution is -0.192. The molecule has 0 aliphatic carbocycles. The van der Waals surface area contributed by atoms with E-state index in [-0.39, 0.29) is 23.5 Å². The number of alkyl halides is 3. The first-order valence-electron chi connectivity index (χ1n) is 9.63. The van der Waals surface area contributed by atoms with E-state index < -0.39 is 18.2 Å². The SMILES string of the molecule is N[C@H]1CCN(CC2CCc3c(F)cnc4ccc(=O)n2c34)C[C@H]1O.O=C(O)C(F)(F)F. The Labute approximate surface area is 173 Å². The van der Waals surface area contributed by atoms with Gasteiger partial charge in [-0.15, -0.1) is 0 Å². The molecule has 4 rings (SSSR count). The number of nitrogens with zero attached hydrogens (tertiary/aromatic N) is 3. The number of carbonyl (C=O) groups is 1. The molecule has 2 aliphatic heterocycles. The molecule has 170 valence electrons. The highest BCUT2D eigenvalue weighted by atomic mass is 19.4. The molecule has 0 bridgehead atoms. The number of rotatable bonds is 2. The fourth-order valence-corrected chi connectivity index (χ4v) is 3.96. The second kappa shape index (κ2) is 8.89. The Morgan fingerprint density at radius 3 is 2.58 bits per heavy atom. The van der Waals surface area contributed by atoms with Crippen LogP contribution in [0.15, 0.2) is 23.1 Å². The molecule has 31 heavy (non-hydrogen) atoms. The average molecular weight is 446 g/mol. The zero-order chi connectivity index (χ0) is 22.9. The summed E-state index contributed by atoms with van der Waals surface area (Å²) in [5.41, 5.74) is 7.57. The molecule has 4 N–H and O–H groups in total. The third kappa shape index (κ3) is 5.02. The molecule has 8 nitrogen and oxygen atoms in total. The number of hydrogen-bond acceptors (Lipinski definition) is 6. The predicted molar refractivity (Wildman–Crippen MR) is 102 cm³/mol. The number of carboxylic acid groups (broad SMARTS) is 1. The largest absolute Gasteiger partial charge is 0.490 e. The highest BCUT2D eigenvalue weighted by Gasteiger charge is 2.38. The van der Waals surface area contributed by atoms with Crippen molar-refractivity contribution in [2.24, 2.45) is 5.73 Å². The molecule has 2 aromatic rings. The third-order valence-electron chi connectivity index (χ3n) is 5.52. The Morgan fingerprint density at radius 1 is 1.29 bits per heavy atom. The van der Waals surface area contributed by atoms with Crippen molar-refractivity contribution in [1.29, 1.82) is 0 Å². The van der Waals surface area contributed by atoms with E-state index in [2.05, 4.69) is 9.88 Å². The summed E-state index contributed by atoms with van der Waals surface area (Å²) >= 11 is 0. The zero-order valence-electron chi connectivity index (χ0n) is 16.3. The van der Waals surface area contributed by atoms with Gasteiger partial charge in [0.1, 0.15) is 5.82 Å². The second-order valence-corrected chi connectivity index (χ2v) is 7.63. The molecule has 2 aromatic heterocycles. The number of β-amino-alcohol motifs (C(OH)–C–C–N with tert-alkyl or cyclic N) is 1. The van der Waals surface area contributed by atoms with Crippen LogP contribution in [-0.4, -0.2) is 68.6 Å². The van der Waals surface area contributed by atoms with Crippen molar-refractivity contribution in [1.82, 2.24) is 14.5 Å². The van der Waals surface area contributed by atoms with Gasteiger partial charge in [0.2, 0.25) is 0 Å². The van der Waals surface area contributed by atoms with E-state index in [1.807, 2.05) is 0 Å². The van der Waals surface area contributed by atoms with E-state index in [0.29, 0.717) is 42.5 Å². The zero-order valence-corrected chi connectivity index (χ0v) is 16.3. The highest BCUT2D eigenvalue weighted by Crippen LogP contribution is 2.30. The third-order valence-corrected chi connectivity index (χ3v) is 5.52. The first-order chi connectivity index (χ1) is 14.5. The molecular formula is C19H22F4N4O4. The van der Waals surface area contributed by atoms with Crippen molar-refractivity contribution in [3.8, 4) is 0 Å². The maximum atomic E-state index is 14.1. The molecule has 2 aliphatic rings. The number of aliphatic hydroxyl groups is 1. The van der Waals surface area contributed by atoms with E-state index in [0.717, 1.165) is 13.0 Å². The van der Waals surface area contributed by atoms with Crippen LogP contribution in [0, 0.1) is 5.82 Å². The number of aliphatic carboxylic acids is 1. The molecule has 12 heteroatoms. The highest BCUT2D eigenvalue weighted by molar-refractivity contribution is 5.79. The number of halogens is 4. The maximum absolute atomic E-state index is 14.1. The molecule has 4 heterocycles. The van der Waals surface area contributed by atoms with Crippen LogP contribution in [0.1, 0.15) is 24.4 Å². The van der Waals surface area contributed by atoms with E-state index in [9.17, 15) is 27.5 Å². The van der Waals surface area contributed by atoms with Gasteiger partial charge >= 0.3 is 12.1 Å². The summed E-state index contributed by atoms with van der Waals surface area (Å²) in [5, 5.41) is 17.1. The van der Waals surface area contributed by atoms with Gasteiger partial charge < -0.3 is 20.5 Å². The number of piperidine rings is 1. The van der Waals surface area contributed by atoms with Gasteiger partial charge in [0.05, 0.1) is 29.4 Å². The predicted octanol–water partition coefficient (Wildman–Crippen LogP) is 1.05. The van der Waals surface area contributed by atoms with Crippen molar-refractivity contribution >= 4 is 17.0 Å². The molecule has 0 radical (unpaired) electrons. The quantitative estimate of drug-likeness (QED) is 0.590. The van der Waals surface area contributed by atoms with Gasteiger partial charge in [-0.3, -0.25) is 14.7 Å².